The summed E-state index contributed by atoms with van der Waals surface area (Å²) in [6.07, 6.45) is -4.37. The summed E-state index contributed by atoms with van der Waals surface area (Å²) in [5.41, 5.74) is 5.72. The number of ether oxygens (including phenoxy) is 1. The van der Waals surface area contributed by atoms with Gasteiger partial charge in [-0.25, -0.2) is 0 Å². The lowest BCUT2D eigenvalue weighted by Gasteiger charge is -2.10. The zero-order valence-electron chi connectivity index (χ0n) is 6.94. The minimum Gasteiger partial charge on any atom is -0.483 e. The third-order valence-electron chi connectivity index (χ3n) is 1.35. The van der Waals surface area contributed by atoms with Crippen molar-refractivity contribution >= 4 is 17.3 Å². The molecule has 0 aliphatic heterocycles. The van der Waals surface area contributed by atoms with E-state index in [-0.39, 0.29) is 10.8 Å². The van der Waals surface area contributed by atoms with Gasteiger partial charge >= 0.3 is 6.18 Å². The van der Waals surface area contributed by atoms with Crippen molar-refractivity contribution < 1.29 is 17.9 Å². The Labute approximate surface area is 83.4 Å². The van der Waals surface area contributed by atoms with Crippen LogP contribution in [0.1, 0.15) is 0 Å². The Kier molecular flexibility index (Phi) is 3.10. The van der Waals surface area contributed by atoms with Crippen LogP contribution in [0.2, 0.25) is 5.02 Å². The Bertz CT molecular complexity index is 327. The third-order valence-corrected chi connectivity index (χ3v) is 1.64. The molecule has 0 fully saturated rings. The van der Waals surface area contributed by atoms with Crippen LogP contribution < -0.4 is 10.5 Å². The largest absolute Gasteiger partial charge is 0.483 e. The number of rotatable bonds is 2. The van der Waals surface area contributed by atoms with E-state index in [9.17, 15) is 13.2 Å². The monoisotopic (exact) mass is 225 g/mol. The van der Waals surface area contributed by atoms with E-state index in [1.807, 2.05) is 0 Å². The normalized spacial score (nSPS) is 11.4. The summed E-state index contributed by atoms with van der Waals surface area (Å²) < 4.78 is 39.7. The van der Waals surface area contributed by atoms with E-state index < -0.39 is 12.8 Å². The van der Waals surface area contributed by atoms with E-state index in [4.69, 9.17) is 17.3 Å². The van der Waals surface area contributed by atoms with Gasteiger partial charge in [0.15, 0.2) is 6.61 Å². The van der Waals surface area contributed by atoms with Gasteiger partial charge < -0.3 is 10.5 Å². The number of benzene rings is 1. The molecule has 78 valence electrons. The maximum atomic E-state index is 11.8. The number of alkyl halides is 3. The van der Waals surface area contributed by atoms with E-state index in [1.54, 1.807) is 0 Å². The maximum Gasteiger partial charge on any atom is 0.422 e. The molecule has 0 radical (unpaired) electrons. The van der Waals surface area contributed by atoms with Crippen molar-refractivity contribution in [3.05, 3.63) is 23.2 Å². The molecule has 0 aliphatic carbocycles. The Hall–Kier alpha value is -1.10. The van der Waals surface area contributed by atoms with E-state index in [1.165, 1.54) is 18.2 Å². The van der Waals surface area contributed by atoms with Crippen LogP contribution >= 0.6 is 11.6 Å². The summed E-state index contributed by atoms with van der Waals surface area (Å²) in [4.78, 5) is 0. The summed E-state index contributed by atoms with van der Waals surface area (Å²) in [5, 5.41) is 0.0641. The van der Waals surface area contributed by atoms with Gasteiger partial charge in [-0.3, -0.25) is 0 Å². The predicted octanol–water partition coefficient (Wildman–Crippen LogP) is 2.86. The highest BCUT2D eigenvalue weighted by Gasteiger charge is 2.28. The fourth-order valence-corrected chi connectivity index (χ4v) is 1.04. The second-order valence-electron chi connectivity index (χ2n) is 2.59. The predicted molar refractivity (Wildman–Crippen MR) is 47.4 cm³/mol. The first kappa shape index (κ1) is 11.0. The number of hydrogen-bond donors (Lipinski definition) is 1. The second-order valence-corrected chi connectivity index (χ2v) is 3.00. The first-order chi connectivity index (χ1) is 6.38. The highest BCUT2D eigenvalue weighted by atomic mass is 35.5. The van der Waals surface area contributed by atoms with Crippen LogP contribution in [-0.2, 0) is 0 Å². The molecule has 0 saturated heterocycles. The third kappa shape index (κ3) is 3.33. The van der Waals surface area contributed by atoms with Gasteiger partial charge in [-0.1, -0.05) is 11.6 Å². The maximum absolute atomic E-state index is 11.8. The number of nitrogen functional groups attached to an aromatic ring is 1. The molecular formula is C8H7ClF3NO. The fourth-order valence-electron chi connectivity index (χ4n) is 0.794. The molecule has 14 heavy (non-hydrogen) atoms. The van der Waals surface area contributed by atoms with Gasteiger partial charge in [0.05, 0.1) is 5.02 Å². The molecule has 0 atom stereocenters. The highest BCUT2D eigenvalue weighted by molar-refractivity contribution is 6.32. The molecular weight excluding hydrogens is 219 g/mol. The lowest BCUT2D eigenvalue weighted by Crippen LogP contribution is -2.19. The molecule has 0 amide bonds. The number of halogens is 4. The number of hydrogen-bond acceptors (Lipinski definition) is 2. The summed E-state index contributed by atoms with van der Waals surface area (Å²) in [6, 6.07) is 4.04. The minimum atomic E-state index is -4.37. The SMILES string of the molecule is Nc1ccc(OCC(F)(F)F)c(Cl)c1. The van der Waals surface area contributed by atoms with Gasteiger partial charge in [0.1, 0.15) is 5.75 Å². The molecule has 0 spiro atoms. The lowest BCUT2D eigenvalue weighted by atomic mass is 10.3. The second kappa shape index (κ2) is 3.96. The average molecular weight is 226 g/mol. The minimum absolute atomic E-state index is 0.0295. The quantitative estimate of drug-likeness (QED) is 0.786. The first-order valence-corrected chi connectivity index (χ1v) is 4.01. The van der Waals surface area contributed by atoms with Crippen LogP contribution in [0.4, 0.5) is 18.9 Å². The highest BCUT2D eigenvalue weighted by Crippen LogP contribution is 2.28. The molecule has 0 aliphatic rings. The van der Waals surface area contributed by atoms with Crippen LogP contribution in [0.25, 0.3) is 0 Å². The van der Waals surface area contributed by atoms with E-state index >= 15 is 0 Å². The molecule has 1 rings (SSSR count). The van der Waals surface area contributed by atoms with Gasteiger partial charge in [-0.05, 0) is 18.2 Å². The molecule has 6 heteroatoms. The summed E-state index contributed by atoms with van der Waals surface area (Å²) in [5.74, 6) is -0.0295. The van der Waals surface area contributed by atoms with Crippen LogP contribution in [-0.4, -0.2) is 12.8 Å². The van der Waals surface area contributed by atoms with Crippen molar-refractivity contribution in [2.24, 2.45) is 0 Å². The smallest absolute Gasteiger partial charge is 0.422 e. The summed E-state index contributed by atoms with van der Waals surface area (Å²) in [7, 11) is 0. The fraction of sp³-hybridized carbons (Fsp3) is 0.250. The molecule has 0 unspecified atom stereocenters. The van der Waals surface area contributed by atoms with Crippen molar-refractivity contribution in [2.75, 3.05) is 12.3 Å². The summed E-state index contributed by atoms with van der Waals surface area (Å²) in [6.45, 7) is -1.36. The van der Waals surface area contributed by atoms with Crippen molar-refractivity contribution in [1.29, 1.82) is 0 Å². The van der Waals surface area contributed by atoms with Crippen molar-refractivity contribution in [3.63, 3.8) is 0 Å². The molecule has 0 saturated carbocycles. The molecule has 2 N–H and O–H groups in total. The Balaban J connectivity index is 2.68. The van der Waals surface area contributed by atoms with Crippen LogP contribution in [0.15, 0.2) is 18.2 Å². The van der Waals surface area contributed by atoms with Crippen molar-refractivity contribution in [1.82, 2.24) is 0 Å². The molecule has 0 aromatic heterocycles. The van der Waals surface area contributed by atoms with E-state index in [2.05, 4.69) is 4.74 Å². The Morgan fingerprint density at radius 1 is 1.36 bits per heavy atom. The van der Waals surface area contributed by atoms with E-state index in [0.717, 1.165) is 0 Å². The average Bonchev–Trinajstić information content (AvgIpc) is 2.00. The summed E-state index contributed by atoms with van der Waals surface area (Å²) >= 11 is 5.59. The Morgan fingerprint density at radius 2 is 2.00 bits per heavy atom. The van der Waals surface area contributed by atoms with E-state index in [0.29, 0.717) is 5.69 Å². The number of anilines is 1. The van der Waals surface area contributed by atoms with Gasteiger partial charge in [-0.2, -0.15) is 13.2 Å². The first-order valence-electron chi connectivity index (χ1n) is 3.63. The van der Waals surface area contributed by atoms with Crippen LogP contribution in [0, 0.1) is 0 Å². The molecule has 2 nitrogen and oxygen atoms in total. The zero-order chi connectivity index (χ0) is 10.8. The molecule has 1 aromatic rings. The lowest BCUT2D eigenvalue weighted by molar-refractivity contribution is -0.153. The van der Waals surface area contributed by atoms with Crippen molar-refractivity contribution in [3.8, 4) is 5.75 Å². The molecule has 0 heterocycles. The Morgan fingerprint density at radius 3 is 2.50 bits per heavy atom. The topological polar surface area (TPSA) is 35.2 Å². The van der Waals surface area contributed by atoms with Gasteiger partial charge in [0, 0.05) is 5.69 Å². The van der Waals surface area contributed by atoms with Gasteiger partial charge in [0.25, 0.3) is 0 Å². The molecule has 0 bridgehead atoms. The van der Waals surface area contributed by atoms with Gasteiger partial charge in [-0.15, -0.1) is 0 Å². The van der Waals surface area contributed by atoms with Gasteiger partial charge in [0.2, 0.25) is 0 Å². The van der Waals surface area contributed by atoms with Crippen LogP contribution in [0.3, 0.4) is 0 Å². The zero-order valence-corrected chi connectivity index (χ0v) is 7.69. The molecule has 1 aromatic carbocycles. The standard InChI is InChI=1S/C8H7ClF3NO/c9-6-3-5(13)1-2-7(6)14-4-8(10,11)12/h1-3H,4,13H2. The number of nitrogens with two attached hydrogens (primary N) is 1. The van der Waals surface area contributed by atoms with Crippen molar-refractivity contribution in [2.45, 2.75) is 6.18 Å². The van der Waals surface area contributed by atoms with Crippen LogP contribution in [0.5, 0.6) is 5.75 Å².